The van der Waals surface area contributed by atoms with Crippen LogP contribution in [0.5, 0.6) is 0 Å². The van der Waals surface area contributed by atoms with Crippen molar-refractivity contribution in [2.45, 2.75) is 191 Å². The number of amides is 6. The number of primary amides is 1. The molecule has 0 aliphatic carbocycles. The highest BCUT2D eigenvalue weighted by atomic mass is 16.4. The molecule has 0 bridgehead atoms. The number of unbranched alkanes of at least 4 members (excludes halogenated alkanes) is 13. The lowest BCUT2D eigenvalue weighted by Crippen LogP contribution is -2.45. The highest BCUT2D eigenvalue weighted by molar-refractivity contribution is 6.59. The summed E-state index contributed by atoms with van der Waals surface area (Å²) in [5.74, 6) is -8.81. The van der Waals surface area contributed by atoms with Gasteiger partial charge in [0.25, 0.3) is 0 Å². The van der Waals surface area contributed by atoms with Crippen LogP contribution in [0.1, 0.15) is 167 Å². The van der Waals surface area contributed by atoms with Gasteiger partial charge >= 0.3 is 23.9 Å². The van der Waals surface area contributed by atoms with Crippen molar-refractivity contribution in [1.29, 1.82) is 0 Å². The first-order valence-electron chi connectivity index (χ1n) is 22.4. The normalized spacial score (nSPS) is 12.7. The quantitative estimate of drug-likeness (QED) is 0.0304. The van der Waals surface area contributed by atoms with Crippen LogP contribution in [0, 0.1) is 0 Å². The second-order valence-electron chi connectivity index (χ2n) is 16.0. The molecule has 22 heteroatoms. The van der Waals surface area contributed by atoms with Crippen molar-refractivity contribution in [2.24, 2.45) is 5.73 Å². The Bertz CT molecular complexity index is 1530. The zero-order valence-corrected chi connectivity index (χ0v) is 37.3. The molecule has 6 amide bonds. The van der Waals surface area contributed by atoms with Gasteiger partial charge in [0.05, 0.1) is 6.04 Å². The number of nitrogens with two attached hydrogens (primary N) is 1. The number of rotatable bonds is 41. The van der Waals surface area contributed by atoms with Gasteiger partial charge in [0.2, 0.25) is 35.4 Å². The second kappa shape index (κ2) is 35.8. The molecule has 0 spiro atoms. The van der Waals surface area contributed by atoms with E-state index in [9.17, 15) is 68.1 Å². The summed E-state index contributed by atoms with van der Waals surface area (Å²) >= 11 is 0. The van der Waals surface area contributed by atoms with Gasteiger partial charge in [-0.05, 0) is 44.9 Å². The molecule has 0 saturated heterocycles. The molecule has 0 radical (unpaired) electrons. The summed E-state index contributed by atoms with van der Waals surface area (Å²) in [6.45, 7) is 0.00664. The van der Waals surface area contributed by atoms with E-state index in [1.165, 1.54) is 33.5 Å². The lowest BCUT2D eigenvalue weighted by Gasteiger charge is -2.18. The van der Waals surface area contributed by atoms with E-state index >= 15 is 0 Å². The lowest BCUT2D eigenvalue weighted by atomic mass is 9.91. The van der Waals surface area contributed by atoms with Crippen molar-refractivity contribution in [3.63, 3.8) is 0 Å². The Labute approximate surface area is 375 Å². The molecule has 0 fully saturated rings. The van der Waals surface area contributed by atoms with Crippen LogP contribution in [0.4, 0.5) is 0 Å². The summed E-state index contributed by atoms with van der Waals surface area (Å²) < 4.78 is 0. The monoisotopic (exact) mass is 911 g/mol. The molecule has 0 aromatic rings. The number of carbonyl (C=O) groups is 11. The zero-order chi connectivity index (χ0) is 48.3. The molecule has 0 saturated carbocycles. The van der Waals surface area contributed by atoms with Crippen molar-refractivity contribution < 1.29 is 73.2 Å². The summed E-state index contributed by atoms with van der Waals surface area (Å²) in [6.07, 6.45) is 12.5. The minimum atomic E-state index is -1.53. The highest BCUT2D eigenvalue weighted by Gasteiger charge is 2.26. The van der Waals surface area contributed by atoms with Crippen LogP contribution in [0.2, 0.25) is 0 Å². The Morgan fingerprint density at radius 1 is 0.375 bits per heavy atom. The largest absolute Gasteiger partial charge is 0.481 e. The van der Waals surface area contributed by atoms with E-state index < -0.39 is 108 Å². The lowest BCUT2D eigenvalue weighted by molar-refractivity contribution is -0.143. The number of carbonyl (C=O) groups excluding carboxylic acids is 7. The van der Waals surface area contributed by atoms with Gasteiger partial charge < -0.3 is 57.5 Å². The fraction of sp³-hybridized carbons (Fsp3) is 0.738. The predicted octanol–water partition coefficient (Wildman–Crippen LogP) is 1.17. The van der Waals surface area contributed by atoms with Crippen molar-refractivity contribution >= 4 is 72.8 Å². The van der Waals surface area contributed by atoms with Crippen LogP contribution in [-0.4, -0.2) is 124 Å². The van der Waals surface area contributed by atoms with Crippen molar-refractivity contribution in [3.8, 4) is 0 Å². The number of hydrogen-bond acceptors (Lipinski definition) is 11. The van der Waals surface area contributed by atoms with Gasteiger partial charge in [0.1, 0.15) is 23.8 Å². The smallest absolute Gasteiger partial charge is 0.326 e. The Morgan fingerprint density at radius 3 is 1.02 bits per heavy atom. The molecule has 0 unspecified atom stereocenters. The molecule has 0 heterocycles. The molecule has 4 atom stereocenters. The van der Waals surface area contributed by atoms with Gasteiger partial charge in [-0.3, -0.25) is 33.6 Å². The van der Waals surface area contributed by atoms with E-state index in [-0.39, 0.29) is 64.3 Å². The van der Waals surface area contributed by atoms with Gasteiger partial charge in [0, 0.05) is 51.5 Å². The zero-order valence-electron chi connectivity index (χ0n) is 37.3. The summed E-state index contributed by atoms with van der Waals surface area (Å²) in [7, 11) is 1.20. The highest BCUT2D eigenvalue weighted by Crippen LogP contribution is 2.14. The SMILES string of the molecule is BC(=O)[C@H](CCC(N)=O)NC(=O)CC[C@H](NC(=O)CC[C@H](NC(=O)CCCNC(=O)CC[C@H](NC(=O)CCCCCCCCCCCCCCCCC(=O)O)C(=O)O)C(=O)O)C(=O)O. The number of hydrogen-bond donors (Lipinski definition) is 10. The van der Waals surface area contributed by atoms with Crippen LogP contribution < -0.4 is 32.3 Å². The summed E-state index contributed by atoms with van der Waals surface area (Å²) in [6, 6.07) is -5.30. The maximum absolute atomic E-state index is 12.5. The fourth-order valence-electron chi connectivity index (χ4n) is 6.58. The summed E-state index contributed by atoms with van der Waals surface area (Å²) in [5.41, 5.74) is 4.63. The molecular formula is C42H71BN6O15. The third kappa shape index (κ3) is 33.1. The molecule has 0 aromatic carbocycles. The molecule has 0 rings (SSSR count). The first-order valence-corrected chi connectivity index (χ1v) is 22.4. The molecule has 64 heavy (non-hydrogen) atoms. The molecule has 11 N–H and O–H groups in total. The minimum Gasteiger partial charge on any atom is -0.481 e. The minimum absolute atomic E-state index is 0.00664. The van der Waals surface area contributed by atoms with E-state index in [4.69, 9.17) is 10.8 Å². The second-order valence-corrected chi connectivity index (χ2v) is 16.0. The maximum Gasteiger partial charge on any atom is 0.326 e. The Kier molecular flexibility index (Phi) is 32.7. The number of carboxylic acid groups (broad SMARTS) is 4. The summed E-state index contributed by atoms with van der Waals surface area (Å²) in [4.78, 5) is 130. The van der Waals surface area contributed by atoms with Gasteiger partial charge in [-0.15, -0.1) is 0 Å². The maximum atomic E-state index is 12.5. The fourth-order valence-corrected chi connectivity index (χ4v) is 6.58. The van der Waals surface area contributed by atoms with Gasteiger partial charge in [-0.25, -0.2) is 14.4 Å². The van der Waals surface area contributed by atoms with Crippen LogP contribution in [-0.2, 0) is 52.7 Å². The van der Waals surface area contributed by atoms with Gasteiger partial charge in [0.15, 0.2) is 7.85 Å². The van der Waals surface area contributed by atoms with Crippen molar-refractivity contribution in [1.82, 2.24) is 26.6 Å². The third-order valence-electron chi connectivity index (χ3n) is 10.3. The van der Waals surface area contributed by atoms with Crippen molar-refractivity contribution in [2.75, 3.05) is 6.54 Å². The Hall–Kier alpha value is -5.57. The Morgan fingerprint density at radius 2 is 0.672 bits per heavy atom. The molecule has 0 aromatic heterocycles. The van der Waals surface area contributed by atoms with Crippen LogP contribution >= 0.6 is 0 Å². The van der Waals surface area contributed by atoms with Crippen LogP contribution in [0.15, 0.2) is 0 Å². The van der Waals surface area contributed by atoms with E-state index in [2.05, 4.69) is 26.6 Å². The summed E-state index contributed by atoms with van der Waals surface area (Å²) in [5, 5.41) is 49.1. The average Bonchev–Trinajstić information content (AvgIpc) is 3.21. The van der Waals surface area contributed by atoms with Crippen LogP contribution in [0.3, 0.4) is 0 Å². The van der Waals surface area contributed by atoms with E-state index in [1.54, 1.807) is 0 Å². The van der Waals surface area contributed by atoms with Gasteiger partial charge in [-0.2, -0.15) is 0 Å². The predicted molar refractivity (Wildman–Crippen MR) is 234 cm³/mol. The standard InChI is InChI=1S/C42H71BN6O15/c43-39(58)28(19-23-32(44)50)46-36(54)25-21-31(42(63)64)49-37(55)26-22-30(41(61)62)48-35(53)17-15-27-45-33(51)24-20-29(40(59)60)47-34(52)16-13-11-9-7-5-3-1-2-4-6-8-10-12-14-18-38(56)57/h28-31H,1-27,43H2,(H2,44,50)(H,45,51)(H,46,54)(H,47,52)(H,48,53)(H,49,55)(H,56,57)(H,59,60)(H,61,62)(H,63,64)/t28-,29-,30-,31-/m0/s1. The van der Waals surface area contributed by atoms with Crippen molar-refractivity contribution in [3.05, 3.63) is 0 Å². The van der Waals surface area contributed by atoms with Crippen LogP contribution in [0.25, 0.3) is 0 Å². The topological polar surface area (TPSA) is 355 Å². The number of carboxylic acids is 4. The first kappa shape index (κ1) is 58.4. The molecule has 362 valence electrons. The Balaban J connectivity index is 4.35. The molecular weight excluding hydrogens is 839 g/mol. The molecule has 0 aliphatic heterocycles. The van der Waals surface area contributed by atoms with E-state index in [0.29, 0.717) is 6.42 Å². The first-order chi connectivity index (χ1) is 30.3. The third-order valence-corrected chi connectivity index (χ3v) is 10.3. The van der Waals surface area contributed by atoms with E-state index in [1.807, 2.05) is 0 Å². The number of nitrogens with one attached hydrogen (secondary N) is 5. The average molecular weight is 911 g/mol. The van der Waals surface area contributed by atoms with Gasteiger partial charge in [-0.1, -0.05) is 77.0 Å². The molecule has 0 aliphatic rings. The van der Waals surface area contributed by atoms with E-state index in [0.717, 1.165) is 57.8 Å². The number of aliphatic carboxylic acids is 4. The molecule has 21 nitrogen and oxygen atoms in total.